The van der Waals surface area contributed by atoms with Crippen molar-refractivity contribution in [3.05, 3.63) is 81.4 Å². The Morgan fingerprint density at radius 1 is 1.21 bits per heavy atom. The predicted octanol–water partition coefficient (Wildman–Crippen LogP) is 5.34. The molecule has 1 aromatic carbocycles. The van der Waals surface area contributed by atoms with Crippen molar-refractivity contribution in [2.24, 2.45) is 21.6 Å². The summed E-state index contributed by atoms with van der Waals surface area (Å²) in [5.41, 5.74) is 7.82. The zero-order chi connectivity index (χ0) is 40.5. The van der Waals surface area contributed by atoms with Crippen molar-refractivity contribution in [2.75, 3.05) is 60.1 Å². The van der Waals surface area contributed by atoms with Gasteiger partial charge in [-0.2, -0.15) is 5.26 Å². The zero-order valence-corrected chi connectivity index (χ0v) is 39.3. The zero-order valence-electron chi connectivity index (χ0n) is 35.3. The van der Waals surface area contributed by atoms with Gasteiger partial charge in [-0.05, 0) is 63.2 Å². The number of amidine groups is 1. The molecule has 9 nitrogen and oxygen atoms in total. The fourth-order valence-electron chi connectivity index (χ4n) is 7.89. The standard InChI is InChI=1S/C40H54F2N6O3S.C3H8.K/c1-9-34(41)37(52-27(3)44)31(17-43)26(2)36-33-21-50-20-32(33)30(16-35(36)42)38(48-28-10-11-29(48)19-47(18-28)14-15-49-8)45-25-51-24-40(12-13-40)23-46(7)22-39(4,5)6;1-3-2;/h9,25,28-29H,2-3,10-15,18-24,44H2,1,4-8H3;3H2,1-2H3;/q-2;;+1/b34-9+,37-31+,45-38+;;. The monoisotopic (exact) mass is 819 g/mol. The first-order valence-corrected chi connectivity index (χ1v) is 20.3. The van der Waals surface area contributed by atoms with Crippen LogP contribution in [0.4, 0.5) is 8.78 Å². The van der Waals surface area contributed by atoms with E-state index in [0.29, 0.717) is 30.2 Å². The fourth-order valence-corrected chi connectivity index (χ4v) is 8.63. The number of piperazine rings is 1. The predicted molar refractivity (Wildman–Crippen MR) is 220 cm³/mol. The molecule has 0 radical (unpaired) electrons. The number of allylic oxidation sites excluding steroid dienone is 4. The molecule has 0 aromatic heterocycles. The van der Waals surface area contributed by atoms with Crippen LogP contribution >= 0.6 is 11.8 Å². The average Bonchev–Trinajstić information content (AvgIpc) is 3.59. The number of likely N-dealkylation sites (tertiary alicyclic amines) is 1. The molecule has 3 fully saturated rings. The summed E-state index contributed by atoms with van der Waals surface area (Å²) in [5.74, 6) is -0.799. The molecule has 1 aliphatic carbocycles. The second-order valence-corrected chi connectivity index (χ2v) is 17.6. The van der Waals surface area contributed by atoms with Gasteiger partial charge in [0.05, 0.1) is 28.7 Å². The Balaban J connectivity index is 0.00000204. The van der Waals surface area contributed by atoms with Gasteiger partial charge in [0.15, 0.2) is 0 Å². The molecule has 304 valence electrons. The van der Waals surface area contributed by atoms with Gasteiger partial charge in [0.25, 0.3) is 0 Å². The van der Waals surface area contributed by atoms with Crippen molar-refractivity contribution < 1.29 is 74.4 Å². The molecule has 2 saturated heterocycles. The van der Waals surface area contributed by atoms with E-state index >= 15 is 8.78 Å². The Morgan fingerprint density at radius 2 is 1.84 bits per heavy atom. The quantitative estimate of drug-likeness (QED) is 0.0451. The number of methoxy groups -OCH3 is 1. The largest absolute Gasteiger partial charge is 1.00 e. The number of benzene rings is 1. The van der Waals surface area contributed by atoms with E-state index in [1.807, 2.05) is 6.07 Å². The number of halogens is 2. The normalized spacial score (nSPS) is 20.7. The summed E-state index contributed by atoms with van der Waals surface area (Å²) in [5, 5.41) is 10.3. The molecule has 3 heterocycles. The third kappa shape index (κ3) is 12.7. The molecule has 1 saturated carbocycles. The number of ether oxygens (including phenoxy) is 3. The van der Waals surface area contributed by atoms with Gasteiger partial charge >= 0.3 is 51.4 Å². The van der Waals surface area contributed by atoms with Gasteiger partial charge in [-0.3, -0.25) is 4.90 Å². The molecule has 13 heteroatoms. The molecule has 56 heavy (non-hydrogen) atoms. The number of thioether (sulfide) groups is 1. The topological polar surface area (TPSA) is 99.6 Å². The van der Waals surface area contributed by atoms with Crippen LogP contribution in [0.3, 0.4) is 0 Å². The van der Waals surface area contributed by atoms with E-state index in [4.69, 9.17) is 24.9 Å². The van der Waals surface area contributed by atoms with Crippen LogP contribution in [0.2, 0.25) is 0 Å². The second-order valence-electron chi connectivity index (χ2n) is 16.5. The van der Waals surface area contributed by atoms with E-state index in [0.717, 1.165) is 75.7 Å². The van der Waals surface area contributed by atoms with Gasteiger partial charge in [0.1, 0.15) is 11.9 Å². The number of rotatable bonds is 16. The molecule has 2 unspecified atom stereocenters. The van der Waals surface area contributed by atoms with Gasteiger partial charge in [0, 0.05) is 76.4 Å². The maximum absolute atomic E-state index is 16.6. The summed E-state index contributed by atoms with van der Waals surface area (Å²) >= 11 is 0.803. The molecule has 0 spiro atoms. The van der Waals surface area contributed by atoms with Crippen molar-refractivity contribution >= 4 is 23.2 Å². The Kier molecular flexibility index (Phi) is 19.3. The van der Waals surface area contributed by atoms with E-state index in [1.165, 1.54) is 26.2 Å². The first kappa shape index (κ1) is 48.8. The minimum Gasteiger partial charge on any atom is -0.427 e. The number of nitriles is 1. The van der Waals surface area contributed by atoms with Crippen LogP contribution in [0.25, 0.3) is 5.57 Å². The van der Waals surface area contributed by atoms with E-state index in [-0.39, 0.29) is 114 Å². The number of hydrogen-bond donors (Lipinski definition) is 1. The first-order chi connectivity index (χ1) is 26.1. The summed E-state index contributed by atoms with van der Waals surface area (Å²) in [4.78, 5) is 12.0. The molecule has 3 aliphatic heterocycles. The minimum absolute atomic E-state index is 0. The third-order valence-electron chi connectivity index (χ3n) is 10.1. The molecule has 0 amide bonds. The summed E-state index contributed by atoms with van der Waals surface area (Å²) in [6.45, 7) is 27.7. The summed E-state index contributed by atoms with van der Waals surface area (Å²) in [6.07, 6.45) is 6.63. The molecule has 2 atom stereocenters. The Labute approximate surface area is 382 Å². The molecule has 2 bridgehead atoms. The summed E-state index contributed by atoms with van der Waals surface area (Å²) < 4.78 is 49.2. The summed E-state index contributed by atoms with van der Waals surface area (Å²) in [7, 11) is 3.88. The molecule has 4 aliphatic rings. The molecular weight excluding hydrogens is 758 g/mol. The van der Waals surface area contributed by atoms with Crippen molar-refractivity contribution in [2.45, 2.75) is 98.9 Å². The van der Waals surface area contributed by atoms with Crippen molar-refractivity contribution in [1.29, 1.82) is 5.26 Å². The SMILES string of the molecule is C=C(N)SC(=C(\C#N)C(=C)c1c(F)[c-]c(/C(=N\[CH-]OCC2(CN(C)CC(C)(C)C)CC2)N2C3CCC2CN(CCOC)C3)c2c1COC2)/C(F)=C\C.CCC.[K+]. The molecule has 5 rings (SSSR count). The average molecular weight is 820 g/mol. The van der Waals surface area contributed by atoms with Crippen molar-refractivity contribution in [1.82, 2.24) is 14.7 Å². The molecule has 1 aromatic rings. The van der Waals surface area contributed by atoms with Crippen LogP contribution in [0.15, 0.2) is 45.6 Å². The van der Waals surface area contributed by atoms with Gasteiger partial charge in [-0.15, -0.1) is 17.2 Å². The number of fused-ring (bicyclic) bond motifs is 3. The Bertz CT molecular complexity index is 1670. The van der Waals surface area contributed by atoms with E-state index in [2.05, 4.69) is 75.6 Å². The second kappa shape index (κ2) is 22.2. The molecule has 2 N–H and O–H groups in total. The number of nitrogens with two attached hydrogens (primary N) is 1. The Hall–Kier alpha value is -1.54. The minimum atomic E-state index is -0.715. The van der Waals surface area contributed by atoms with Gasteiger partial charge in [0.2, 0.25) is 0 Å². The third-order valence-corrected chi connectivity index (χ3v) is 11.0. The van der Waals surface area contributed by atoms with Crippen LogP contribution in [0, 0.1) is 40.8 Å². The van der Waals surface area contributed by atoms with E-state index in [9.17, 15) is 5.26 Å². The van der Waals surface area contributed by atoms with E-state index < -0.39 is 11.6 Å². The van der Waals surface area contributed by atoms with Crippen LogP contribution in [-0.4, -0.2) is 92.7 Å². The maximum atomic E-state index is 16.6. The van der Waals surface area contributed by atoms with Crippen LogP contribution in [-0.2, 0) is 27.4 Å². The number of hydrogen-bond acceptors (Lipinski definition) is 9. The van der Waals surface area contributed by atoms with Crippen molar-refractivity contribution in [3.8, 4) is 6.07 Å². The van der Waals surface area contributed by atoms with Crippen molar-refractivity contribution in [3.63, 3.8) is 0 Å². The first-order valence-electron chi connectivity index (χ1n) is 19.4. The van der Waals surface area contributed by atoms with Crippen LogP contribution in [0.5, 0.6) is 0 Å². The summed E-state index contributed by atoms with van der Waals surface area (Å²) in [6, 6.07) is 5.36. The Morgan fingerprint density at radius 3 is 2.38 bits per heavy atom. The van der Waals surface area contributed by atoms with Crippen LogP contribution in [0.1, 0.15) is 95.9 Å². The fraction of sp³-hybridized carbons (Fsp3) is 0.605. The number of nitrogens with zero attached hydrogens (tertiary/aromatic N) is 5. The number of aliphatic imine (C=N–C) groups is 1. The van der Waals surface area contributed by atoms with Crippen LogP contribution < -0.4 is 57.1 Å². The maximum Gasteiger partial charge on any atom is 1.00 e. The smallest absolute Gasteiger partial charge is 0.427 e. The van der Waals surface area contributed by atoms with Gasteiger partial charge in [-0.1, -0.05) is 83.2 Å². The van der Waals surface area contributed by atoms with Gasteiger partial charge < -0.3 is 34.7 Å². The van der Waals surface area contributed by atoms with E-state index in [1.54, 1.807) is 7.11 Å². The van der Waals surface area contributed by atoms with Gasteiger partial charge in [-0.25, -0.2) is 8.78 Å². The molecular formula is C43H62F2KN6O3S-.